The SMILES string of the molecule is Cc1ccc(CCCNC(=O)C2CCCN2S(=O)(=O)c2ccccc2)c(C)c1. The zero-order chi connectivity index (χ0) is 20.1. The lowest BCUT2D eigenvalue weighted by molar-refractivity contribution is -0.124. The highest BCUT2D eigenvalue weighted by molar-refractivity contribution is 7.89. The minimum Gasteiger partial charge on any atom is -0.355 e. The van der Waals surface area contributed by atoms with Crippen molar-refractivity contribution in [1.82, 2.24) is 9.62 Å². The van der Waals surface area contributed by atoms with E-state index in [1.54, 1.807) is 30.3 Å². The Bertz CT molecular complexity index is 926. The molecule has 150 valence electrons. The van der Waals surface area contributed by atoms with E-state index in [1.807, 2.05) is 0 Å². The Morgan fingerprint density at radius 1 is 1.14 bits per heavy atom. The molecule has 0 spiro atoms. The van der Waals surface area contributed by atoms with Crippen LogP contribution in [0.3, 0.4) is 0 Å². The van der Waals surface area contributed by atoms with Gasteiger partial charge in [-0.25, -0.2) is 8.42 Å². The molecular formula is C22H28N2O3S. The molecular weight excluding hydrogens is 372 g/mol. The van der Waals surface area contributed by atoms with Gasteiger partial charge in [-0.3, -0.25) is 4.79 Å². The fourth-order valence-electron chi connectivity index (χ4n) is 3.75. The zero-order valence-corrected chi connectivity index (χ0v) is 17.3. The molecule has 1 unspecified atom stereocenters. The number of carbonyl (C=O) groups is 1. The van der Waals surface area contributed by atoms with E-state index in [9.17, 15) is 13.2 Å². The average molecular weight is 401 g/mol. The highest BCUT2D eigenvalue weighted by Gasteiger charge is 2.39. The van der Waals surface area contributed by atoms with Crippen molar-refractivity contribution in [3.05, 3.63) is 65.2 Å². The largest absolute Gasteiger partial charge is 0.355 e. The first-order valence-electron chi connectivity index (χ1n) is 9.80. The highest BCUT2D eigenvalue weighted by atomic mass is 32.2. The maximum atomic E-state index is 12.9. The fraction of sp³-hybridized carbons (Fsp3) is 0.409. The van der Waals surface area contributed by atoms with Gasteiger partial charge in [0.1, 0.15) is 6.04 Å². The smallest absolute Gasteiger partial charge is 0.243 e. The van der Waals surface area contributed by atoms with Gasteiger partial charge in [0, 0.05) is 13.1 Å². The summed E-state index contributed by atoms with van der Waals surface area (Å²) >= 11 is 0. The minimum absolute atomic E-state index is 0.197. The third-order valence-corrected chi connectivity index (χ3v) is 7.20. The van der Waals surface area contributed by atoms with Gasteiger partial charge in [0.05, 0.1) is 4.90 Å². The predicted octanol–water partition coefficient (Wildman–Crippen LogP) is 3.21. The van der Waals surface area contributed by atoms with Gasteiger partial charge in [-0.05, 0) is 62.8 Å². The van der Waals surface area contributed by atoms with E-state index in [4.69, 9.17) is 0 Å². The number of hydrogen-bond donors (Lipinski definition) is 1. The van der Waals surface area contributed by atoms with Crippen molar-refractivity contribution in [3.8, 4) is 0 Å². The van der Waals surface area contributed by atoms with E-state index < -0.39 is 16.1 Å². The lowest BCUT2D eigenvalue weighted by Gasteiger charge is -2.23. The summed E-state index contributed by atoms with van der Waals surface area (Å²) in [6, 6.07) is 14.1. The van der Waals surface area contributed by atoms with Crippen LogP contribution in [-0.4, -0.2) is 37.8 Å². The van der Waals surface area contributed by atoms with Gasteiger partial charge in [-0.15, -0.1) is 0 Å². The summed E-state index contributed by atoms with van der Waals surface area (Å²) in [5.41, 5.74) is 3.80. The van der Waals surface area contributed by atoms with E-state index in [1.165, 1.54) is 21.0 Å². The van der Waals surface area contributed by atoms with Crippen molar-refractivity contribution in [1.29, 1.82) is 0 Å². The van der Waals surface area contributed by atoms with Crippen LogP contribution in [-0.2, 0) is 21.2 Å². The summed E-state index contributed by atoms with van der Waals surface area (Å²) in [7, 11) is -3.64. The lowest BCUT2D eigenvalue weighted by atomic mass is 10.0. The number of hydrogen-bond acceptors (Lipinski definition) is 3. The summed E-state index contributed by atoms with van der Waals surface area (Å²) in [6.07, 6.45) is 2.98. The van der Waals surface area contributed by atoms with E-state index in [0.717, 1.165) is 12.8 Å². The van der Waals surface area contributed by atoms with Gasteiger partial charge in [-0.2, -0.15) is 4.31 Å². The molecule has 0 aromatic heterocycles. The maximum Gasteiger partial charge on any atom is 0.243 e. The Morgan fingerprint density at radius 2 is 1.89 bits per heavy atom. The zero-order valence-electron chi connectivity index (χ0n) is 16.5. The van der Waals surface area contributed by atoms with Crippen LogP contribution in [0.25, 0.3) is 0 Å². The molecule has 1 heterocycles. The Kier molecular flexibility index (Phi) is 6.52. The average Bonchev–Trinajstić information content (AvgIpc) is 3.18. The Hall–Kier alpha value is -2.18. The van der Waals surface area contributed by atoms with Crippen LogP contribution in [0.1, 0.15) is 36.0 Å². The predicted molar refractivity (Wildman–Crippen MR) is 111 cm³/mol. The molecule has 2 aromatic carbocycles. The van der Waals surface area contributed by atoms with E-state index in [0.29, 0.717) is 25.9 Å². The molecule has 1 N–H and O–H groups in total. The number of nitrogens with zero attached hydrogens (tertiary/aromatic N) is 1. The second-order valence-electron chi connectivity index (χ2n) is 7.41. The molecule has 2 aromatic rings. The van der Waals surface area contributed by atoms with E-state index in [2.05, 4.69) is 37.4 Å². The second kappa shape index (κ2) is 8.88. The van der Waals surface area contributed by atoms with Crippen LogP contribution in [0, 0.1) is 13.8 Å². The third kappa shape index (κ3) is 4.62. The molecule has 1 aliphatic heterocycles. The maximum absolute atomic E-state index is 12.9. The van der Waals surface area contributed by atoms with Gasteiger partial charge in [0.2, 0.25) is 15.9 Å². The lowest BCUT2D eigenvalue weighted by Crippen LogP contribution is -2.46. The minimum atomic E-state index is -3.64. The molecule has 0 radical (unpaired) electrons. The van der Waals surface area contributed by atoms with Gasteiger partial charge in [0.25, 0.3) is 0 Å². The van der Waals surface area contributed by atoms with Crippen LogP contribution in [0.4, 0.5) is 0 Å². The number of benzene rings is 2. The summed E-state index contributed by atoms with van der Waals surface area (Å²) in [5, 5.41) is 2.93. The summed E-state index contributed by atoms with van der Waals surface area (Å²) in [5.74, 6) is -0.197. The molecule has 1 aliphatic rings. The number of amides is 1. The fourth-order valence-corrected chi connectivity index (χ4v) is 5.43. The Labute approximate surface area is 167 Å². The van der Waals surface area contributed by atoms with Gasteiger partial charge in [-0.1, -0.05) is 42.0 Å². The molecule has 1 fully saturated rings. The normalized spacial score (nSPS) is 17.6. The van der Waals surface area contributed by atoms with Crippen molar-refractivity contribution >= 4 is 15.9 Å². The number of nitrogens with one attached hydrogen (secondary N) is 1. The van der Waals surface area contributed by atoms with Crippen LogP contribution in [0.2, 0.25) is 0 Å². The van der Waals surface area contributed by atoms with Crippen molar-refractivity contribution in [3.63, 3.8) is 0 Å². The van der Waals surface area contributed by atoms with Crippen LogP contribution >= 0.6 is 0 Å². The highest BCUT2D eigenvalue weighted by Crippen LogP contribution is 2.26. The number of sulfonamides is 1. The van der Waals surface area contributed by atoms with Crippen molar-refractivity contribution in [2.45, 2.75) is 50.5 Å². The van der Waals surface area contributed by atoms with E-state index >= 15 is 0 Å². The molecule has 5 nitrogen and oxygen atoms in total. The number of carbonyl (C=O) groups excluding carboxylic acids is 1. The van der Waals surface area contributed by atoms with Crippen LogP contribution in [0.5, 0.6) is 0 Å². The molecule has 6 heteroatoms. The van der Waals surface area contributed by atoms with Gasteiger partial charge in [0.15, 0.2) is 0 Å². The summed E-state index contributed by atoms with van der Waals surface area (Å²) < 4.78 is 27.1. The van der Waals surface area contributed by atoms with Crippen LogP contribution < -0.4 is 5.32 Å². The van der Waals surface area contributed by atoms with Crippen LogP contribution in [0.15, 0.2) is 53.4 Å². The second-order valence-corrected chi connectivity index (χ2v) is 9.30. The summed E-state index contributed by atoms with van der Waals surface area (Å²) in [6.45, 7) is 5.11. The monoisotopic (exact) mass is 400 g/mol. The molecule has 3 rings (SSSR count). The van der Waals surface area contributed by atoms with Gasteiger partial charge < -0.3 is 5.32 Å². The first-order valence-corrected chi connectivity index (χ1v) is 11.2. The van der Waals surface area contributed by atoms with Crippen molar-refractivity contribution in [2.24, 2.45) is 0 Å². The molecule has 1 saturated heterocycles. The summed E-state index contributed by atoms with van der Waals surface area (Å²) in [4.78, 5) is 12.9. The quantitative estimate of drug-likeness (QED) is 0.726. The molecule has 0 bridgehead atoms. The molecule has 0 saturated carbocycles. The number of aryl methyl sites for hydroxylation is 3. The molecule has 1 atom stereocenters. The van der Waals surface area contributed by atoms with E-state index in [-0.39, 0.29) is 10.8 Å². The van der Waals surface area contributed by atoms with Gasteiger partial charge >= 0.3 is 0 Å². The standard InChI is InChI=1S/C22H28N2O3S/c1-17-12-13-19(18(2)16-17)8-6-14-23-22(25)21-11-7-15-24(21)28(26,27)20-9-4-3-5-10-20/h3-5,9-10,12-13,16,21H,6-8,11,14-15H2,1-2H3,(H,23,25). The topological polar surface area (TPSA) is 66.5 Å². The van der Waals surface area contributed by atoms with Crippen molar-refractivity contribution < 1.29 is 13.2 Å². The molecule has 0 aliphatic carbocycles. The third-order valence-electron chi connectivity index (χ3n) is 5.28. The first-order chi connectivity index (χ1) is 13.4. The Balaban J connectivity index is 1.56. The molecule has 28 heavy (non-hydrogen) atoms. The molecule has 1 amide bonds. The Morgan fingerprint density at radius 3 is 2.61 bits per heavy atom. The first kappa shape index (κ1) is 20.6. The van der Waals surface area contributed by atoms with Crippen molar-refractivity contribution in [2.75, 3.05) is 13.1 Å². The number of rotatable bonds is 7.